The Morgan fingerprint density at radius 3 is 2.50 bits per heavy atom. The molecule has 1 aromatic heterocycles. The summed E-state index contributed by atoms with van der Waals surface area (Å²) in [6, 6.07) is 2.00. The van der Waals surface area contributed by atoms with Crippen molar-refractivity contribution in [3.05, 3.63) is 31.9 Å². The van der Waals surface area contributed by atoms with Gasteiger partial charge in [-0.2, -0.15) is 5.26 Å². The topological polar surface area (TPSA) is 110 Å². The Morgan fingerprint density at radius 1 is 1.25 bits per heavy atom. The number of carboxylic acid groups (broad SMARTS) is 1. The molecule has 0 unspecified atom stereocenters. The molecule has 0 radical (unpaired) electrons. The summed E-state index contributed by atoms with van der Waals surface area (Å²) in [5.74, 6) is -0.537. The third-order valence-corrected chi connectivity index (χ3v) is 7.07. The number of thioether (sulfide) groups is 1. The van der Waals surface area contributed by atoms with E-state index < -0.39 is 5.97 Å². The van der Waals surface area contributed by atoms with Crippen LogP contribution in [0.25, 0.3) is 6.08 Å². The normalized spacial score (nSPS) is 18.5. The summed E-state index contributed by atoms with van der Waals surface area (Å²) in [5.41, 5.74) is 0.866. The lowest BCUT2D eigenvalue weighted by atomic mass is 10.0. The van der Waals surface area contributed by atoms with Crippen molar-refractivity contribution in [3.8, 4) is 6.07 Å². The molecule has 0 spiro atoms. The molecule has 1 N–H and O–H groups in total. The van der Waals surface area contributed by atoms with Gasteiger partial charge in [-0.15, -0.1) is 0 Å². The van der Waals surface area contributed by atoms with Gasteiger partial charge < -0.3 is 14.9 Å². The summed E-state index contributed by atoms with van der Waals surface area (Å²) >= 11 is 6.49. The van der Waals surface area contributed by atoms with Crippen LogP contribution in [0.1, 0.15) is 29.5 Å². The van der Waals surface area contributed by atoms with Crippen molar-refractivity contribution in [1.82, 2.24) is 14.4 Å². The summed E-state index contributed by atoms with van der Waals surface area (Å²) < 4.78 is 1.85. The summed E-state index contributed by atoms with van der Waals surface area (Å²) in [6.07, 6.45) is 1.97. The minimum Gasteiger partial charge on any atom is -0.481 e. The van der Waals surface area contributed by atoms with Gasteiger partial charge in [-0.3, -0.25) is 23.9 Å². The highest BCUT2D eigenvalue weighted by Crippen LogP contribution is 2.36. The predicted molar refractivity (Wildman–Crippen MR) is 128 cm³/mol. The Morgan fingerprint density at radius 2 is 1.91 bits per heavy atom. The van der Waals surface area contributed by atoms with E-state index in [0.717, 1.165) is 24.9 Å². The summed E-state index contributed by atoms with van der Waals surface area (Å²) in [6.45, 7) is 5.04. The molecule has 0 saturated carbocycles. The second-order valence-corrected chi connectivity index (χ2v) is 9.51. The molecule has 9 nitrogen and oxygen atoms in total. The minimum absolute atomic E-state index is 0.0465. The Kier molecular flexibility index (Phi) is 7.38. The molecule has 0 aromatic carbocycles. The summed E-state index contributed by atoms with van der Waals surface area (Å²) in [4.78, 5) is 42.7. The second kappa shape index (κ2) is 9.85. The van der Waals surface area contributed by atoms with Crippen molar-refractivity contribution in [2.45, 2.75) is 19.8 Å². The summed E-state index contributed by atoms with van der Waals surface area (Å²) in [5, 5.41) is 18.4. The fourth-order valence-corrected chi connectivity index (χ4v) is 5.12. The molecule has 1 amide bonds. The number of hydrogen-bond donors (Lipinski definition) is 1. The third-order valence-electron chi connectivity index (χ3n) is 5.69. The highest BCUT2D eigenvalue weighted by molar-refractivity contribution is 8.26. The number of piperazine rings is 1. The number of aliphatic carboxylic acids is 1. The number of thiocarbonyl (C=S) groups is 1. The lowest BCUT2D eigenvalue weighted by Gasteiger charge is -2.36. The van der Waals surface area contributed by atoms with Crippen LogP contribution in [0.4, 0.5) is 5.82 Å². The first-order chi connectivity index (χ1) is 15.1. The van der Waals surface area contributed by atoms with Crippen molar-refractivity contribution in [2.75, 3.05) is 44.7 Å². The number of anilines is 1. The van der Waals surface area contributed by atoms with E-state index in [2.05, 4.69) is 9.80 Å². The molecule has 3 rings (SSSR count). The van der Waals surface area contributed by atoms with E-state index in [0.29, 0.717) is 45.7 Å². The molecular weight excluding hydrogens is 450 g/mol. The largest absolute Gasteiger partial charge is 0.481 e. The van der Waals surface area contributed by atoms with Crippen LogP contribution in [0.2, 0.25) is 0 Å². The number of aromatic nitrogens is 1. The summed E-state index contributed by atoms with van der Waals surface area (Å²) in [7, 11) is 3.68. The SMILES string of the molecule is Cc1c(C=C2SC(=S)N(CCCC(=O)O)C2=O)c(N2CCN(C)CC2)n(C)c(=O)c1C#N. The zero-order valence-corrected chi connectivity index (χ0v) is 19.9. The van der Waals surface area contributed by atoms with Crippen molar-refractivity contribution >= 4 is 52.1 Å². The maximum atomic E-state index is 13.0. The number of hydrogen-bond acceptors (Lipinski definition) is 8. The van der Waals surface area contributed by atoms with E-state index in [4.69, 9.17) is 17.3 Å². The van der Waals surface area contributed by atoms with Crippen molar-refractivity contribution < 1.29 is 14.7 Å². The van der Waals surface area contributed by atoms with Gasteiger partial charge in [-0.05, 0) is 32.0 Å². The van der Waals surface area contributed by atoms with E-state index in [1.807, 2.05) is 13.1 Å². The molecule has 0 atom stereocenters. The molecule has 3 heterocycles. The predicted octanol–water partition coefficient (Wildman–Crippen LogP) is 1.38. The van der Waals surface area contributed by atoms with Crippen LogP contribution in [-0.2, 0) is 16.6 Å². The fraction of sp³-hybridized carbons (Fsp3) is 0.476. The average molecular weight is 476 g/mol. The average Bonchev–Trinajstić information content (AvgIpc) is 3.01. The molecule has 1 aromatic rings. The van der Waals surface area contributed by atoms with Gasteiger partial charge in [-0.1, -0.05) is 24.0 Å². The van der Waals surface area contributed by atoms with Gasteiger partial charge in [-0.25, -0.2) is 0 Å². The first-order valence-electron chi connectivity index (χ1n) is 10.2. The van der Waals surface area contributed by atoms with Gasteiger partial charge in [0, 0.05) is 51.8 Å². The number of rotatable bonds is 6. The third kappa shape index (κ3) is 4.72. The van der Waals surface area contributed by atoms with Crippen LogP contribution in [-0.4, -0.2) is 75.4 Å². The fourth-order valence-electron chi connectivity index (χ4n) is 3.82. The highest BCUT2D eigenvalue weighted by Gasteiger charge is 2.33. The number of carboxylic acids is 1. The quantitative estimate of drug-likeness (QED) is 0.482. The Hall–Kier alpha value is -2.68. The monoisotopic (exact) mass is 475 g/mol. The maximum Gasteiger partial charge on any atom is 0.303 e. The van der Waals surface area contributed by atoms with Gasteiger partial charge in [0.05, 0.1) is 4.91 Å². The van der Waals surface area contributed by atoms with Crippen LogP contribution in [0, 0.1) is 18.3 Å². The lowest BCUT2D eigenvalue weighted by molar-refractivity contribution is -0.137. The molecule has 2 aliphatic heterocycles. The van der Waals surface area contributed by atoms with Crippen LogP contribution < -0.4 is 10.5 Å². The molecule has 2 aliphatic rings. The highest BCUT2D eigenvalue weighted by atomic mass is 32.2. The van der Waals surface area contributed by atoms with Crippen LogP contribution in [0.15, 0.2) is 9.70 Å². The smallest absolute Gasteiger partial charge is 0.303 e. The minimum atomic E-state index is -0.923. The van der Waals surface area contributed by atoms with Gasteiger partial charge in [0.2, 0.25) is 0 Å². The molecule has 0 bridgehead atoms. The first-order valence-corrected chi connectivity index (χ1v) is 11.4. The number of carbonyl (C=O) groups is 2. The van der Waals surface area contributed by atoms with Crippen LogP contribution >= 0.6 is 24.0 Å². The molecule has 170 valence electrons. The molecular formula is C21H25N5O4S2. The number of amides is 1. The Balaban J connectivity index is 2.04. The Labute approximate surface area is 195 Å². The molecule has 11 heteroatoms. The van der Waals surface area contributed by atoms with Crippen molar-refractivity contribution in [1.29, 1.82) is 5.26 Å². The number of carbonyl (C=O) groups excluding carboxylic acids is 1. The van der Waals surface area contributed by atoms with Gasteiger partial charge in [0.15, 0.2) is 0 Å². The van der Waals surface area contributed by atoms with Gasteiger partial charge in [0.1, 0.15) is 21.8 Å². The van der Waals surface area contributed by atoms with Crippen molar-refractivity contribution in [3.63, 3.8) is 0 Å². The number of nitriles is 1. The van der Waals surface area contributed by atoms with E-state index in [1.165, 1.54) is 9.47 Å². The number of likely N-dealkylation sites (N-methyl/N-ethyl adjacent to an activating group) is 1. The van der Waals surface area contributed by atoms with Crippen LogP contribution in [0.5, 0.6) is 0 Å². The number of nitrogens with zero attached hydrogens (tertiary/aromatic N) is 5. The lowest BCUT2D eigenvalue weighted by Crippen LogP contribution is -2.46. The standard InChI is InChI=1S/C21H25N5O4S2/c1-13-14(11-16-20(30)26(21(31)32-16)6-4-5-17(27)28)18(24(3)19(29)15(13)12-22)25-9-7-23(2)8-10-25/h11H,4-10H2,1-3H3,(H,27,28). The van der Waals surface area contributed by atoms with E-state index in [9.17, 15) is 19.6 Å². The second-order valence-electron chi connectivity index (χ2n) is 7.83. The van der Waals surface area contributed by atoms with Crippen LogP contribution in [0.3, 0.4) is 0 Å². The molecule has 2 saturated heterocycles. The Bertz CT molecular complexity index is 1100. The van der Waals surface area contributed by atoms with Gasteiger partial charge in [0.25, 0.3) is 11.5 Å². The zero-order chi connectivity index (χ0) is 23.6. The first kappa shape index (κ1) is 24.0. The molecule has 0 aliphatic carbocycles. The zero-order valence-electron chi connectivity index (χ0n) is 18.3. The van der Waals surface area contributed by atoms with E-state index >= 15 is 0 Å². The van der Waals surface area contributed by atoms with Gasteiger partial charge >= 0.3 is 5.97 Å². The van der Waals surface area contributed by atoms with E-state index in [-0.39, 0.29) is 30.0 Å². The molecule has 32 heavy (non-hydrogen) atoms. The van der Waals surface area contributed by atoms with E-state index in [1.54, 1.807) is 20.0 Å². The number of pyridine rings is 1. The van der Waals surface area contributed by atoms with Crippen molar-refractivity contribution in [2.24, 2.45) is 7.05 Å². The maximum absolute atomic E-state index is 13.0. The molecule has 2 fully saturated rings.